The van der Waals surface area contributed by atoms with E-state index in [2.05, 4.69) is 25.7 Å². The van der Waals surface area contributed by atoms with E-state index < -0.39 is 10.0 Å². The van der Waals surface area contributed by atoms with Crippen molar-refractivity contribution >= 4 is 33.7 Å². The fourth-order valence-corrected chi connectivity index (χ4v) is 4.87. The van der Waals surface area contributed by atoms with Crippen LogP contribution in [0.3, 0.4) is 0 Å². The van der Waals surface area contributed by atoms with Crippen LogP contribution >= 0.6 is 11.8 Å². The first-order valence-electron chi connectivity index (χ1n) is 9.30. The molecule has 166 valence electrons. The summed E-state index contributed by atoms with van der Waals surface area (Å²) in [6.45, 7) is 5.92. The Kier molecular flexibility index (Phi) is 6.92. The fourth-order valence-electron chi connectivity index (χ4n) is 2.71. The van der Waals surface area contributed by atoms with Gasteiger partial charge in [-0.25, -0.2) is 13.1 Å². The SMILES string of the molecule is CCN(CC)S(=O)(=O)c1cccc(-c2nnc(SCC(=O)Nc3nc(C)no3)n2N)c1. The van der Waals surface area contributed by atoms with Crippen LogP contribution in [0.5, 0.6) is 0 Å². The molecule has 12 nitrogen and oxygen atoms in total. The summed E-state index contributed by atoms with van der Waals surface area (Å²) in [4.78, 5) is 16.1. The van der Waals surface area contributed by atoms with Gasteiger partial charge in [-0.3, -0.25) is 10.1 Å². The van der Waals surface area contributed by atoms with Gasteiger partial charge in [0.1, 0.15) is 0 Å². The molecular formula is C17H22N8O4S2. The van der Waals surface area contributed by atoms with Gasteiger partial charge in [-0.05, 0) is 19.1 Å². The molecule has 0 aliphatic heterocycles. The summed E-state index contributed by atoms with van der Waals surface area (Å²) in [7, 11) is -3.63. The van der Waals surface area contributed by atoms with E-state index in [1.54, 1.807) is 32.9 Å². The summed E-state index contributed by atoms with van der Waals surface area (Å²) in [5, 5.41) is 14.4. The van der Waals surface area contributed by atoms with Crippen LogP contribution in [0.15, 0.2) is 38.8 Å². The van der Waals surface area contributed by atoms with Crippen molar-refractivity contribution in [2.24, 2.45) is 0 Å². The maximum Gasteiger partial charge on any atom is 0.328 e. The van der Waals surface area contributed by atoms with E-state index in [0.29, 0.717) is 24.5 Å². The van der Waals surface area contributed by atoms with Crippen LogP contribution in [-0.2, 0) is 14.8 Å². The number of aromatic nitrogens is 5. The monoisotopic (exact) mass is 466 g/mol. The first kappa shape index (κ1) is 22.7. The third-order valence-corrected chi connectivity index (χ3v) is 7.20. The Morgan fingerprint density at radius 2 is 2.03 bits per heavy atom. The number of amides is 1. The van der Waals surface area contributed by atoms with Gasteiger partial charge in [0, 0.05) is 18.7 Å². The average molecular weight is 467 g/mol. The van der Waals surface area contributed by atoms with Gasteiger partial charge in [-0.15, -0.1) is 10.2 Å². The summed E-state index contributed by atoms with van der Waals surface area (Å²) in [5.74, 6) is 6.36. The molecule has 3 aromatic rings. The standard InChI is InChI=1S/C17H22N8O4S2/c1-4-24(5-2)31(27,28)13-8-6-7-12(9-13)15-21-22-17(25(15)18)30-10-14(26)20-16-19-11(3)23-29-16/h6-9H,4-5,10,18H2,1-3H3,(H,19,20,23,26). The number of aryl methyl sites for hydroxylation is 1. The van der Waals surface area contributed by atoms with Crippen LogP contribution in [0.1, 0.15) is 19.7 Å². The number of nitrogens with two attached hydrogens (primary N) is 1. The quantitative estimate of drug-likeness (QED) is 0.345. The molecule has 3 N–H and O–H groups in total. The molecule has 0 atom stereocenters. The highest BCUT2D eigenvalue weighted by atomic mass is 32.2. The van der Waals surface area contributed by atoms with Gasteiger partial charge in [0.25, 0.3) is 0 Å². The first-order valence-corrected chi connectivity index (χ1v) is 11.7. The Balaban J connectivity index is 1.75. The predicted octanol–water partition coefficient (Wildman–Crippen LogP) is 1.11. The van der Waals surface area contributed by atoms with Crippen molar-refractivity contribution in [1.82, 2.24) is 29.3 Å². The van der Waals surface area contributed by atoms with Crippen molar-refractivity contribution in [3.8, 4) is 11.4 Å². The largest absolute Gasteiger partial charge is 0.335 e. The fraction of sp³-hybridized carbons (Fsp3) is 0.353. The minimum Gasteiger partial charge on any atom is -0.335 e. The minimum absolute atomic E-state index is 0.00392. The molecule has 0 saturated heterocycles. The molecule has 2 aromatic heterocycles. The molecule has 0 radical (unpaired) electrons. The second-order valence-corrected chi connectivity index (χ2v) is 9.16. The van der Waals surface area contributed by atoms with Gasteiger partial charge in [-0.2, -0.15) is 9.29 Å². The molecule has 0 saturated carbocycles. The lowest BCUT2D eigenvalue weighted by atomic mass is 10.2. The molecular weight excluding hydrogens is 444 g/mol. The Hall–Kier alpha value is -2.97. The number of nitrogens with zero attached hydrogens (tertiary/aromatic N) is 6. The highest BCUT2D eigenvalue weighted by Crippen LogP contribution is 2.25. The highest BCUT2D eigenvalue weighted by molar-refractivity contribution is 7.99. The van der Waals surface area contributed by atoms with Gasteiger partial charge in [0.2, 0.25) is 21.1 Å². The zero-order valence-corrected chi connectivity index (χ0v) is 18.8. The normalized spacial score (nSPS) is 11.7. The molecule has 0 fully saturated rings. The summed E-state index contributed by atoms with van der Waals surface area (Å²) in [5.41, 5.74) is 0.487. The predicted molar refractivity (Wildman–Crippen MR) is 114 cm³/mol. The lowest BCUT2D eigenvalue weighted by Crippen LogP contribution is -2.30. The zero-order chi connectivity index (χ0) is 22.6. The molecule has 0 aliphatic carbocycles. The second-order valence-electron chi connectivity index (χ2n) is 6.28. The number of nitrogens with one attached hydrogen (secondary N) is 1. The van der Waals surface area contributed by atoms with Crippen molar-refractivity contribution in [2.75, 3.05) is 30.0 Å². The molecule has 2 heterocycles. The minimum atomic E-state index is -3.63. The smallest absolute Gasteiger partial charge is 0.328 e. The molecule has 0 spiro atoms. The number of benzene rings is 1. The number of hydrogen-bond acceptors (Lipinski definition) is 10. The Bertz CT molecular complexity index is 1170. The summed E-state index contributed by atoms with van der Waals surface area (Å²) >= 11 is 1.05. The van der Waals surface area contributed by atoms with Crippen LogP contribution in [0.4, 0.5) is 6.01 Å². The van der Waals surface area contributed by atoms with Crippen LogP contribution < -0.4 is 11.2 Å². The maximum absolute atomic E-state index is 12.8. The Labute approximate surface area is 183 Å². The van der Waals surface area contributed by atoms with E-state index in [1.807, 2.05) is 0 Å². The van der Waals surface area contributed by atoms with Crippen molar-refractivity contribution in [1.29, 1.82) is 0 Å². The van der Waals surface area contributed by atoms with Gasteiger partial charge < -0.3 is 10.4 Å². The lowest BCUT2D eigenvalue weighted by Gasteiger charge is -2.18. The molecule has 3 rings (SSSR count). The maximum atomic E-state index is 12.8. The molecule has 0 unspecified atom stereocenters. The van der Waals surface area contributed by atoms with E-state index in [-0.39, 0.29) is 33.6 Å². The van der Waals surface area contributed by atoms with Crippen molar-refractivity contribution in [3.05, 3.63) is 30.1 Å². The zero-order valence-electron chi connectivity index (χ0n) is 17.1. The van der Waals surface area contributed by atoms with E-state index in [9.17, 15) is 13.2 Å². The van der Waals surface area contributed by atoms with Crippen LogP contribution in [0.25, 0.3) is 11.4 Å². The number of thioether (sulfide) groups is 1. The second kappa shape index (κ2) is 9.45. The number of carbonyl (C=O) groups excluding carboxylic acids is 1. The summed E-state index contributed by atoms with van der Waals surface area (Å²) in [6, 6.07) is 6.33. The van der Waals surface area contributed by atoms with Gasteiger partial charge in [0.05, 0.1) is 10.6 Å². The van der Waals surface area contributed by atoms with E-state index in [4.69, 9.17) is 10.4 Å². The third kappa shape index (κ3) is 5.03. The van der Waals surface area contributed by atoms with Crippen LogP contribution in [0.2, 0.25) is 0 Å². The van der Waals surface area contributed by atoms with Gasteiger partial charge in [0.15, 0.2) is 11.6 Å². The van der Waals surface area contributed by atoms with Gasteiger partial charge in [-0.1, -0.05) is 42.9 Å². The molecule has 14 heteroatoms. The molecule has 0 aliphatic rings. The number of rotatable bonds is 9. The van der Waals surface area contributed by atoms with Crippen LogP contribution in [0, 0.1) is 6.92 Å². The summed E-state index contributed by atoms with van der Waals surface area (Å²) < 4.78 is 33.0. The number of anilines is 1. The van der Waals surface area contributed by atoms with Crippen LogP contribution in [-0.4, -0.2) is 62.5 Å². The van der Waals surface area contributed by atoms with Crippen molar-refractivity contribution < 1.29 is 17.7 Å². The Morgan fingerprint density at radius 1 is 1.29 bits per heavy atom. The number of hydrogen-bond donors (Lipinski definition) is 2. The van der Waals surface area contributed by atoms with Gasteiger partial charge >= 0.3 is 6.01 Å². The third-order valence-electron chi connectivity index (χ3n) is 4.21. The molecule has 0 bridgehead atoms. The lowest BCUT2D eigenvalue weighted by molar-refractivity contribution is -0.114. The summed E-state index contributed by atoms with van der Waals surface area (Å²) in [6.07, 6.45) is 0. The number of nitrogen functional groups attached to an aromatic ring is 1. The molecule has 1 aromatic carbocycles. The van der Waals surface area contributed by atoms with E-state index in [1.165, 1.54) is 21.1 Å². The number of carbonyl (C=O) groups is 1. The van der Waals surface area contributed by atoms with Crippen molar-refractivity contribution in [2.45, 2.75) is 30.8 Å². The topological polar surface area (TPSA) is 162 Å². The number of sulfonamides is 1. The van der Waals surface area contributed by atoms with E-state index in [0.717, 1.165) is 11.8 Å². The molecule has 1 amide bonds. The average Bonchev–Trinajstić information content (AvgIpc) is 3.32. The highest BCUT2D eigenvalue weighted by Gasteiger charge is 2.23. The van der Waals surface area contributed by atoms with Crippen molar-refractivity contribution in [3.63, 3.8) is 0 Å². The first-order chi connectivity index (χ1) is 14.8. The Morgan fingerprint density at radius 3 is 2.68 bits per heavy atom. The molecule has 31 heavy (non-hydrogen) atoms. The van der Waals surface area contributed by atoms with E-state index >= 15 is 0 Å².